The molecule has 1 aliphatic rings. The largest absolute Gasteiger partial charge is 0.314 e. The van der Waals surface area contributed by atoms with E-state index >= 15 is 0 Å². The highest BCUT2D eigenvalue weighted by Gasteiger charge is 2.25. The minimum atomic E-state index is -0.351. The lowest BCUT2D eigenvalue weighted by molar-refractivity contribution is -0.384. The van der Waals surface area contributed by atoms with Crippen LogP contribution in [0.4, 0.5) is 5.69 Å². The fourth-order valence-corrected chi connectivity index (χ4v) is 2.32. The summed E-state index contributed by atoms with van der Waals surface area (Å²) in [6.07, 6.45) is 4.91. The number of likely N-dealkylation sites (N-methyl/N-ethyl adjacent to an activating group) is 1. The molecule has 1 fully saturated rings. The van der Waals surface area contributed by atoms with Crippen molar-refractivity contribution in [3.05, 3.63) is 39.9 Å². The Morgan fingerprint density at radius 1 is 1.39 bits per heavy atom. The highest BCUT2D eigenvalue weighted by atomic mass is 16.6. The van der Waals surface area contributed by atoms with Gasteiger partial charge in [0, 0.05) is 18.2 Å². The minimum Gasteiger partial charge on any atom is -0.314 e. The lowest BCUT2D eigenvalue weighted by Crippen LogP contribution is -2.31. The normalized spacial score (nSPS) is 16.5. The van der Waals surface area contributed by atoms with E-state index < -0.39 is 0 Å². The first-order valence-corrected chi connectivity index (χ1v) is 6.65. The molecule has 0 amide bonds. The quantitative estimate of drug-likeness (QED) is 0.596. The zero-order valence-electron chi connectivity index (χ0n) is 10.8. The van der Waals surface area contributed by atoms with Crippen LogP contribution in [0.5, 0.6) is 0 Å². The number of nitrogens with zero attached hydrogens (tertiary/aromatic N) is 1. The van der Waals surface area contributed by atoms with Crippen molar-refractivity contribution in [2.75, 3.05) is 6.54 Å². The first-order valence-electron chi connectivity index (χ1n) is 6.65. The van der Waals surface area contributed by atoms with Gasteiger partial charge in [-0.05, 0) is 30.9 Å². The van der Waals surface area contributed by atoms with Gasteiger partial charge in [-0.3, -0.25) is 10.1 Å². The molecule has 0 radical (unpaired) electrons. The molecule has 0 heterocycles. The van der Waals surface area contributed by atoms with Crippen LogP contribution >= 0.6 is 0 Å². The Kier molecular flexibility index (Phi) is 4.31. The summed E-state index contributed by atoms with van der Waals surface area (Å²) >= 11 is 0. The summed E-state index contributed by atoms with van der Waals surface area (Å²) in [5.74, 6) is 0.895. The molecule has 1 unspecified atom stereocenters. The lowest BCUT2D eigenvalue weighted by atomic mass is 10.0. The SMILES string of the molecule is CCNC(Cc1ccc([N+](=O)[O-])cc1)CC1CC1. The Hall–Kier alpha value is -1.42. The van der Waals surface area contributed by atoms with Gasteiger partial charge >= 0.3 is 0 Å². The maximum absolute atomic E-state index is 10.6. The molecule has 1 aromatic rings. The van der Waals surface area contributed by atoms with Crippen LogP contribution in [-0.4, -0.2) is 17.5 Å². The fourth-order valence-electron chi connectivity index (χ4n) is 2.32. The monoisotopic (exact) mass is 248 g/mol. The molecule has 1 atom stereocenters. The molecule has 0 bridgehead atoms. The van der Waals surface area contributed by atoms with E-state index in [0.717, 1.165) is 18.9 Å². The third kappa shape index (κ3) is 3.81. The Morgan fingerprint density at radius 3 is 2.56 bits per heavy atom. The Bertz CT molecular complexity index is 399. The molecule has 98 valence electrons. The predicted molar refractivity (Wildman–Crippen MR) is 71.6 cm³/mol. The molecule has 0 spiro atoms. The summed E-state index contributed by atoms with van der Waals surface area (Å²) in [5.41, 5.74) is 1.34. The van der Waals surface area contributed by atoms with E-state index in [1.54, 1.807) is 12.1 Å². The topological polar surface area (TPSA) is 55.2 Å². The van der Waals surface area contributed by atoms with Crippen molar-refractivity contribution in [1.82, 2.24) is 5.32 Å². The number of rotatable bonds is 7. The smallest absolute Gasteiger partial charge is 0.269 e. The molecule has 0 saturated heterocycles. The summed E-state index contributed by atoms with van der Waals surface area (Å²) in [5, 5.41) is 14.1. The van der Waals surface area contributed by atoms with Crippen LogP contribution in [0.15, 0.2) is 24.3 Å². The van der Waals surface area contributed by atoms with Gasteiger partial charge in [-0.1, -0.05) is 31.9 Å². The van der Waals surface area contributed by atoms with E-state index in [1.807, 2.05) is 12.1 Å². The van der Waals surface area contributed by atoms with Crippen LogP contribution in [0.3, 0.4) is 0 Å². The molecule has 4 nitrogen and oxygen atoms in total. The van der Waals surface area contributed by atoms with Crippen molar-refractivity contribution < 1.29 is 4.92 Å². The molecular formula is C14H20N2O2. The molecule has 0 aromatic heterocycles. The van der Waals surface area contributed by atoms with Gasteiger partial charge in [-0.2, -0.15) is 0 Å². The second-order valence-electron chi connectivity index (χ2n) is 5.06. The van der Waals surface area contributed by atoms with Crippen LogP contribution < -0.4 is 5.32 Å². The standard InChI is InChI=1S/C14H20N2O2/c1-2-15-13(9-11-3-4-11)10-12-5-7-14(8-6-12)16(17)18/h5-8,11,13,15H,2-4,9-10H2,1H3. The van der Waals surface area contributed by atoms with Gasteiger partial charge in [0.1, 0.15) is 0 Å². The van der Waals surface area contributed by atoms with E-state index in [2.05, 4.69) is 12.2 Å². The van der Waals surface area contributed by atoms with Crippen LogP contribution in [-0.2, 0) is 6.42 Å². The van der Waals surface area contributed by atoms with Gasteiger partial charge < -0.3 is 5.32 Å². The Labute approximate surface area is 108 Å². The van der Waals surface area contributed by atoms with Gasteiger partial charge in [0.25, 0.3) is 5.69 Å². The first-order chi connectivity index (χ1) is 8.69. The molecule has 0 aliphatic heterocycles. The Balaban J connectivity index is 1.94. The van der Waals surface area contributed by atoms with E-state index in [9.17, 15) is 10.1 Å². The second kappa shape index (κ2) is 5.96. The van der Waals surface area contributed by atoms with E-state index in [0.29, 0.717) is 6.04 Å². The van der Waals surface area contributed by atoms with Crippen molar-refractivity contribution >= 4 is 5.69 Å². The highest BCUT2D eigenvalue weighted by Crippen LogP contribution is 2.34. The van der Waals surface area contributed by atoms with Crippen molar-refractivity contribution in [3.8, 4) is 0 Å². The number of hydrogen-bond acceptors (Lipinski definition) is 3. The predicted octanol–water partition coefficient (Wildman–Crippen LogP) is 2.92. The lowest BCUT2D eigenvalue weighted by Gasteiger charge is -2.17. The number of non-ortho nitro benzene ring substituents is 1. The first kappa shape index (κ1) is 13.0. The van der Waals surface area contributed by atoms with E-state index in [-0.39, 0.29) is 10.6 Å². The van der Waals surface area contributed by atoms with Crippen molar-refractivity contribution in [2.45, 2.75) is 38.6 Å². The summed E-state index contributed by atoms with van der Waals surface area (Å²) < 4.78 is 0. The molecular weight excluding hydrogens is 228 g/mol. The van der Waals surface area contributed by atoms with Crippen LogP contribution in [0.1, 0.15) is 31.7 Å². The molecule has 1 aromatic carbocycles. The summed E-state index contributed by atoms with van der Waals surface area (Å²) in [7, 11) is 0. The van der Waals surface area contributed by atoms with Crippen LogP contribution in [0.2, 0.25) is 0 Å². The average Bonchev–Trinajstić information content (AvgIpc) is 3.14. The molecule has 2 rings (SSSR count). The van der Waals surface area contributed by atoms with Gasteiger partial charge in [0.15, 0.2) is 0 Å². The summed E-state index contributed by atoms with van der Waals surface area (Å²) in [4.78, 5) is 10.2. The number of nitro groups is 1. The van der Waals surface area contributed by atoms with Crippen molar-refractivity contribution in [3.63, 3.8) is 0 Å². The zero-order chi connectivity index (χ0) is 13.0. The third-order valence-electron chi connectivity index (χ3n) is 3.44. The molecule has 1 aliphatic carbocycles. The molecule has 4 heteroatoms. The van der Waals surface area contributed by atoms with Gasteiger partial charge in [-0.15, -0.1) is 0 Å². The summed E-state index contributed by atoms with van der Waals surface area (Å²) in [6.45, 7) is 3.10. The molecule has 1 saturated carbocycles. The van der Waals surface area contributed by atoms with Crippen molar-refractivity contribution in [1.29, 1.82) is 0 Å². The van der Waals surface area contributed by atoms with Gasteiger partial charge in [0.2, 0.25) is 0 Å². The molecule has 1 N–H and O–H groups in total. The van der Waals surface area contributed by atoms with E-state index in [1.165, 1.54) is 24.8 Å². The van der Waals surface area contributed by atoms with Crippen LogP contribution in [0, 0.1) is 16.0 Å². The van der Waals surface area contributed by atoms with Gasteiger partial charge in [-0.25, -0.2) is 0 Å². The number of nitro benzene ring substituents is 1. The maximum atomic E-state index is 10.6. The average molecular weight is 248 g/mol. The summed E-state index contributed by atoms with van der Waals surface area (Å²) in [6, 6.07) is 7.43. The van der Waals surface area contributed by atoms with Gasteiger partial charge in [0.05, 0.1) is 4.92 Å². The number of hydrogen-bond donors (Lipinski definition) is 1. The third-order valence-corrected chi connectivity index (χ3v) is 3.44. The molecule has 18 heavy (non-hydrogen) atoms. The van der Waals surface area contributed by atoms with Crippen LogP contribution in [0.25, 0.3) is 0 Å². The maximum Gasteiger partial charge on any atom is 0.269 e. The number of nitrogens with one attached hydrogen (secondary N) is 1. The number of benzene rings is 1. The minimum absolute atomic E-state index is 0.168. The Morgan fingerprint density at radius 2 is 2.06 bits per heavy atom. The van der Waals surface area contributed by atoms with Crippen molar-refractivity contribution in [2.24, 2.45) is 5.92 Å². The second-order valence-corrected chi connectivity index (χ2v) is 5.06. The highest BCUT2D eigenvalue weighted by molar-refractivity contribution is 5.33. The fraction of sp³-hybridized carbons (Fsp3) is 0.571. The zero-order valence-corrected chi connectivity index (χ0v) is 10.8. The van der Waals surface area contributed by atoms with E-state index in [4.69, 9.17) is 0 Å².